The first-order valence-electron chi connectivity index (χ1n) is 3.80. The highest BCUT2D eigenvalue weighted by atomic mass is 16.4. The highest BCUT2D eigenvalue weighted by Gasteiger charge is 2.10. The van der Waals surface area contributed by atoms with Crippen LogP contribution in [0.5, 0.6) is 0 Å². The SMILES string of the molecule is CN(C)c1ccc(C(O)CN)o1. The molecule has 0 saturated heterocycles. The third-order valence-electron chi connectivity index (χ3n) is 1.61. The van der Waals surface area contributed by atoms with Crippen molar-refractivity contribution in [1.82, 2.24) is 0 Å². The Hall–Kier alpha value is -1.00. The fraction of sp³-hybridized carbons (Fsp3) is 0.500. The fourth-order valence-corrected chi connectivity index (χ4v) is 0.878. The van der Waals surface area contributed by atoms with Gasteiger partial charge in [0.25, 0.3) is 0 Å². The van der Waals surface area contributed by atoms with Crippen LogP contribution in [0.1, 0.15) is 11.9 Å². The molecule has 0 saturated carbocycles. The van der Waals surface area contributed by atoms with Gasteiger partial charge in [0.1, 0.15) is 11.9 Å². The van der Waals surface area contributed by atoms with E-state index in [4.69, 9.17) is 10.2 Å². The summed E-state index contributed by atoms with van der Waals surface area (Å²) in [6, 6.07) is 3.53. The minimum Gasteiger partial charge on any atom is -0.443 e. The highest BCUT2D eigenvalue weighted by molar-refractivity contribution is 5.34. The van der Waals surface area contributed by atoms with E-state index in [1.54, 1.807) is 12.1 Å². The van der Waals surface area contributed by atoms with Crippen LogP contribution >= 0.6 is 0 Å². The third kappa shape index (κ3) is 1.78. The van der Waals surface area contributed by atoms with E-state index in [-0.39, 0.29) is 6.54 Å². The molecule has 12 heavy (non-hydrogen) atoms. The van der Waals surface area contributed by atoms with Gasteiger partial charge in [0.05, 0.1) is 0 Å². The molecular formula is C8H14N2O2. The summed E-state index contributed by atoms with van der Waals surface area (Å²) in [6.07, 6.45) is -0.696. The van der Waals surface area contributed by atoms with E-state index in [1.807, 2.05) is 19.0 Å². The number of anilines is 1. The number of aliphatic hydroxyl groups excluding tert-OH is 1. The topological polar surface area (TPSA) is 62.6 Å². The molecule has 1 unspecified atom stereocenters. The van der Waals surface area contributed by atoms with Crippen molar-refractivity contribution in [3.8, 4) is 0 Å². The van der Waals surface area contributed by atoms with Crippen LogP contribution in [0.3, 0.4) is 0 Å². The van der Waals surface area contributed by atoms with Crippen LogP contribution in [-0.4, -0.2) is 25.7 Å². The second kappa shape index (κ2) is 3.60. The molecule has 0 radical (unpaired) electrons. The Kier molecular flexibility index (Phi) is 2.73. The van der Waals surface area contributed by atoms with E-state index < -0.39 is 6.10 Å². The molecule has 68 valence electrons. The first-order valence-corrected chi connectivity index (χ1v) is 3.80. The minimum atomic E-state index is -0.696. The van der Waals surface area contributed by atoms with Gasteiger partial charge >= 0.3 is 0 Å². The first-order chi connectivity index (χ1) is 5.65. The maximum absolute atomic E-state index is 9.29. The van der Waals surface area contributed by atoms with E-state index in [9.17, 15) is 5.11 Å². The summed E-state index contributed by atoms with van der Waals surface area (Å²) in [6.45, 7) is 0.181. The number of furan rings is 1. The molecule has 0 aliphatic rings. The second-order valence-electron chi connectivity index (χ2n) is 2.82. The van der Waals surface area contributed by atoms with Gasteiger partial charge in [-0.05, 0) is 6.07 Å². The molecule has 4 heteroatoms. The molecule has 3 N–H and O–H groups in total. The molecule has 1 aromatic rings. The van der Waals surface area contributed by atoms with Gasteiger partial charge in [-0.25, -0.2) is 0 Å². The van der Waals surface area contributed by atoms with Crippen LogP contribution in [0, 0.1) is 0 Å². The predicted molar refractivity (Wildman–Crippen MR) is 47.0 cm³/mol. The largest absolute Gasteiger partial charge is 0.443 e. The van der Waals surface area contributed by atoms with Gasteiger partial charge in [0.15, 0.2) is 5.88 Å². The van der Waals surface area contributed by atoms with Crippen molar-refractivity contribution in [2.75, 3.05) is 25.5 Å². The van der Waals surface area contributed by atoms with Gasteiger partial charge in [-0.3, -0.25) is 0 Å². The first kappa shape index (κ1) is 9.09. The zero-order valence-corrected chi connectivity index (χ0v) is 7.32. The van der Waals surface area contributed by atoms with Gasteiger partial charge in [-0.1, -0.05) is 0 Å². The quantitative estimate of drug-likeness (QED) is 0.686. The van der Waals surface area contributed by atoms with Crippen LogP contribution in [0.25, 0.3) is 0 Å². The number of nitrogens with zero attached hydrogens (tertiary/aromatic N) is 1. The van der Waals surface area contributed by atoms with E-state index in [2.05, 4.69) is 0 Å². The molecule has 1 rings (SSSR count). The van der Waals surface area contributed by atoms with Crippen molar-refractivity contribution < 1.29 is 9.52 Å². The van der Waals surface area contributed by atoms with Gasteiger partial charge in [-0.15, -0.1) is 0 Å². The lowest BCUT2D eigenvalue weighted by Gasteiger charge is -2.07. The molecule has 1 aromatic heterocycles. The lowest BCUT2D eigenvalue weighted by molar-refractivity contribution is 0.159. The average molecular weight is 170 g/mol. The second-order valence-corrected chi connectivity index (χ2v) is 2.82. The van der Waals surface area contributed by atoms with Crippen LogP contribution in [0.2, 0.25) is 0 Å². The fourth-order valence-electron chi connectivity index (χ4n) is 0.878. The standard InChI is InChI=1S/C8H14N2O2/c1-10(2)8-4-3-7(12-8)6(11)5-9/h3-4,6,11H,5,9H2,1-2H3. The van der Waals surface area contributed by atoms with Crippen LogP contribution in [0.4, 0.5) is 5.88 Å². The maximum Gasteiger partial charge on any atom is 0.195 e. The zero-order valence-electron chi connectivity index (χ0n) is 7.32. The Balaban J connectivity index is 2.77. The lowest BCUT2D eigenvalue weighted by atomic mass is 10.3. The van der Waals surface area contributed by atoms with Crippen molar-refractivity contribution in [3.05, 3.63) is 17.9 Å². The van der Waals surface area contributed by atoms with Crippen molar-refractivity contribution in [2.45, 2.75) is 6.10 Å². The smallest absolute Gasteiger partial charge is 0.195 e. The highest BCUT2D eigenvalue weighted by Crippen LogP contribution is 2.20. The Labute approximate surface area is 71.6 Å². The van der Waals surface area contributed by atoms with E-state index in [0.29, 0.717) is 5.76 Å². The Morgan fingerprint density at radius 2 is 2.25 bits per heavy atom. The summed E-state index contributed by atoms with van der Waals surface area (Å²) < 4.78 is 5.29. The van der Waals surface area contributed by atoms with Crippen molar-refractivity contribution in [2.24, 2.45) is 5.73 Å². The molecule has 0 aromatic carbocycles. The number of hydrogen-bond acceptors (Lipinski definition) is 4. The molecule has 0 aliphatic heterocycles. The summed E-state index contributed by atoms with van der Waals surface area (Å²) >= 11 is 0. The third-order valence-corrected chi connectivity index (χ3v) is 1.61. The summed E-state index contributed by atoms with van der Waals surface area (Å²) in [4.78, 5) is 1.83. The number of nitrogens with two attached hydrogens (primary N) is 1. The monoisotopic (exact) mass is 170 g/mol. The summed E-state index contributed by atoms with van der Waals surface area (Å²) in [5.41, 5.74) is 5.27. The molecule has 1 atom stereocenters. The average Bonchev–Trinajstić information content (AvgIpc) is 2.51. The Bertz CT molecular complexity index is 245. The van der Waals surface area contributed by atoms with Crippen LogP contribution in [-0.2, 0) is 0 Å². The number of aliphatic hydroxyl groups is 1. The molecular weight excluding hydrogens is 156 g/mol. The molecule has 1 heterocycles. The summed E-state index contributed by atoms with van der Waals surface area (Å²) in [7, 11) is 3.74. The van der Waals surface area contributed by atoms with E-state index >= 15 is 0 Å². The number of rotatable bonds is 3. The van der Waals surface area contributed by atoms with Crippen molar-refractivity contribution in [1.29, 1.82) is 0 Å². The molecule has 0 bridgehead atoms. The van der Waals surface area contributed by atoms with Crippen LogP contribution in [0.15, 0.2) is 16.5 Å². The Morgan fingerprint density at radius 3 is 2.67 bits per heavy atom. The summed E-state index contributed by atoms with van der Waals surface area (Å²) in [5.74, 6) is 1.23. The zero-order chi connectivity index (χ0) is 9.14. The molecule has 4 nitrogen and oxygen atoms in total. The van der Waals surface area contributed by atoms with Crippen molar-refractivity contribution in [3.63, 3.8) is 0 Å². The normalized spacial score (nSPS) is 13.0. The maximum atomic E-state index is 9.29. The van der Waals surface area contributed by atoms with Gasteiger partial charge in [0, 0.05) is 26.7 Å². The van der Waals surface area contributed by atoms with Gasteiger partial charge in [0.2, 0.25) is 0 Å². The molecule has 0 aliphatic carbocycles. The van der Waals surface area contributed by atoms with Crippen molar-refractivity contribution >= 4 is 5.88 Å². The van der Waals surface area contributed by atoms with E-state index in [1.165, 1.54) is 0 Å². The lowest BCUT2D eigenvalue weighted by Crippen LogP contribution is -2.11. The van der Waals surface area contributed by atoms with Gasteiger partial charge in [-0.2, -0.15) is 0 Å². The van der Waals surface area contributed by atoms with Crippen LogP contribution < -0.4 is 10.6 Å². The molecule has 0 spiro atoms. The minimum absolute atomic E-state index is 0.181. The predicted octanol–water partition coefficient (Wildman–Crippen LogP) is 0.338. The van der Waals surface area contributed by atoms with E-state index in [0.717, 1.165) is 5.88 Å². The molecule has 0 amide bonds. The summed E-state index contributed by atoms with van der Waals surface area (Å²) in [5, 5.41) is 9.29. The Morgan fingerprint density at radius 1 is 1.58 bits per heavy atom. The molecule has 0 fully saturated rings. The number of hydrogen-bond donors (Lipinski definition) is 2. The van der Waals surface area contributed by atoms with Gasteiger partial charge < -0.3 is 20.2 Å².